The Balaban J connectivity index is 1.24. The van der Waals surface area contributed by atoms with E-state index in [1.807, 2.05) is 19.1 Å². The number of hydrogen-bond acceptors (Lipinski definition) is 5. The summed E-state index contributed by atoms with van der Waals surface area (Å²) in [7, 11) is 3.41. The normalized spacial score (nSPS) is 12.2. The molecule has 1 aromatic carbocycles. The van der Waals surface area contributed by atoms with Crippen molar-refractivity contribution in [2.24, 2.45) is 14.1 Å². The maximum atomic E-state index is 12.7. The maximum absolute atomic E-state index is 12.7. The number of aryl methyl sites for hydroxylation is 2. The van der Waals surface area contributed by atoms with Gasteiger partial charge in [0.15, 0.2) is 11.2 Å². The van der Waals surface area contributed by atoms with Crippen LogP contribution in [0.25, 0.3) is 11.2 Å². The van der Waals surface area contributed by atoms with Crippen LogP contribution in [0, 0.1) is 0 Å². The van der Waals surface area contributed by atoms with E-state index in [0.29, 0.717) is 24.1 Å². The molecular weight excluding hydrogens is 458 g/mol. The summed E-state index contributed by atoms with van der Waals surface area (Å²) in [5.74, 6) is 0.338. The minimum absolute atomic E-state index is 0.0594. The van der Waals surface area contributed by atoms with E-state index in [4.69, 9.17) is 0 Å². The van der Waals surface area contributed by atoms with Crippen molar-refractivity contribution in [1.29, 1.82) is 0 Å². The summed E-state index contributed by atoms with van der Waals surface area (Å²) in [6.45, 7) is 2.42. The first-order valence-electron chi connectivity index (χ1n) is 13.0. The van der Waals surface area contributed by atoms with E-state index in [2.05, 4.69) is 10.3 Å². The van der Waals surface area contributed by atoms with Crippen molar-refractivity contribution < 1.29 is 9.90 Å². The quantitative estimate of drug-likeness (QED) is 0.332. The molecule has 0 spiro atoms. The van der Waals surface area contributed by atoms with Gasteiger partial charge in [-0.1, -0.05) is 50.7 Å². The van der Waals surface area contributed by atoms with E-state index in [9.17, 15) is 19.5 Å². The van der Waals surface area contributed by atoms with Crippen LogP contribution in [0.2, 0.25) is 0 Å². The molecule has 1 amide bonds. The van der Waals surface area contributed by atoms with Gasteiger partial charge in [0.25, 0.3) is 5.56 Å². The lowest BCUT2D eigenvalue weighted by Crippen LogP contribution is -2.39. The maximum Gasteiger partial charge on any atom is 0.332 e. The van der Waals surface area contributed by atoms with Gasteiger partial charge >= 0.3 is 5.69 Å². The van der Waals surface area contributed by atoms with Gasteiger partial charge in [0.1, 0.15) is 5.75 Å². The van der Waals surface area contributed by atoms with Crippen LogP contribution in [0.15, 0.2) is 40.2 Å². The van der Waals surface area contributed by atoms with Gasteiger partial charge in [-0.3, -0.25) is 18.7 Å². The van der Waals surface area contributed by atoms with Gasteiger partial charge in [-0.25, -0.2) is 9.78 Å². The smallest absolute Gasteiger partial charge is 0.332 e. The highest BCUT2D eigenvalue weighted by Gasteiger charge is 2.14. The minimum atomic E-state index is -0.315. The van der Waals surface area contributed by atoms with Crippen LogP contribution in [0.5, 0.6) is 5.75 Å². The topological polar surface area (TPSA) is 111 Å². The third-order valence-electron chi connectivity index (χ3n) is 6.62. The Bertz CT molecular complexity index is 1260. The molecule has 0 aliphatic carbocycles. The summed E-state index contributed by atoms with van der Waals surface area (Å²) < 4.78 is 4.42. The Kier molecular flexibility index (Phi) is 9.90. The van der Waals surface area contributed by atoms with Gasteiger partial charge in [0.2, 0.25) is 5.91 Å². The van der Waals surface area contributed by atoms with Gasteiger partial charge in [-0.15, -0.1) is 0 Å². The summed E-state index contributed by atoms with van der Waals surface area (Å²) in [5.41, 5.74) is 1.38. The summed E-state index contributed by atoms with van der Waals surface area (Å²) in [5, 5.41) is 12.4. The molecule has 2 aromatic heterocycles. The number of aromatic hydroxyl groups is 1. The van der Waals surface area contributed by atoms with Gasteiger partial charge in [-0.05, 0) is 43.9 Å². The van der Waals surface area contributed by atoms with Crippen molar-refractivity contribution in [2.45, 2.75) is 83.7 Å². The molecule has 9 nitrogen and oxygen atoms in total. The van der Waals surface area contributed by atoms with Gasteiger partial charge in [0.05, 0.1) is 6.33 Å². The molecule has 3 rings (SSSR count). The first-order valence-corrected chi connectivity index (χ1v) is 13.0. The Morgan fingerprint density at radius 2 is 1.58 bits per heavy atom. The number of carbonyl (C=O) groups excluding carboxylic acids is 1. The Morgan fingerprint density at radius 1 is 0.972 bits per heavy atom. The molecule has 36 heavy (non-hydrogen) atoms. The lowest BCUT2D eigenvalue weighted by molar-refractivity contribution is -0.121. The van der Waals surface area contributed by atoms with Crippen molar-refractivity contribution in [3.8, 4) is 5.75 Å². The van der Waals surface area contributed by atoms with Crippen LogP contribution in [0.4, 0.5) is 0 Å². The predicted octanol–water partition coefficient (Wildman–Crippen LogP) is 3.40. The average Bonchev–Trinajstić information content (AvgIpc) is 3.23. The lowest BCUT2D eigenvalue weighted by Gasteiger charge is -2.14. The number of hydrogen-bond donors (Lipinski definition) is 2. The van der Waals surface area contributed by atoms with Gasteiger partial charge < -0.3 is 15.0 Å². The fourth-order valence-electron chi connectivity index (χ4n) is 4.59. The summed E-state index contributed by atoms with van der Waals surface area (Å²) in [6.07, 6.45) is 11.0. The van der Waals surface area contributed by atoms with E-state index in [1.54, 1.807) is 37.1 Å². The van der Waals surface area contributed by atoms with E-state index in [0.717, 1.165) is 63.4 Å². The number of carbonyl (C=O) groups is 1. The number of phenols is 1. The van der Waals surface area contributed by atoms with E-state index in [1.165, 1.54) is 9.13 Å². The lowest BCUT2D eigenvalue weighted by atomic mass is 10.1. The SMILES string of the molecule is CC(Cc1ccc(O)cc1)NC(=O)CCCCCCCCCCn1c(=O)c2c(ncn2C)n(C)c1=O. The Morgan fingerprint density at radius 3 is 2.25 bits per heavy atom. The highest BCUT2D eigenvalue weighted by molar-refractivity contribution is 5.76. The second kappa shape index (κ2) is 13.1. The molecule has 2 N–H and O–H groups in total. The summed E-state index contributed by atoms with van der Waals surface area (Å²) in [4.78, 5) is 41.5. The number of nitrogens with zero attached hydrogens (tertiary/aromatic N) is 4. The molecule has 1 atom stereocenters. The molecule has 2 heterocycles. The largest absolute Gasteiger partial charge is 0.508 e. The number of phenolic OH excluding ortho intramolecular Hbond substituents is 1. The van der Waals surface area contributed by atoms with Crippen LogP contribution in [0.3, 0.4) is 0 Å². The fourth-order valence-corrected chi connectivity index (χ4v) is 4.59. The highest BCUT2D eigenvalue weighted by atomic mass is 16.3. The molecule has 0 saturated carbocycles. The monoisotopic (exact) mass is 497 g/mol. The zero-order valence-corrected chi connectivity index (χ0v) is 21.7. The van der Waals surface area contributed by atoms with Gasteiger partial charge in [0, 0.05) is 33.1 Å². The number of fused-ring (bicyclic) bond motifs is 1. The van der Waals surface area contributed by atoms with E-state index < -0.39 is 0 Å². The zero-order valence-electron chi connectivity index (χ0n) is 21.7. The molecular formula is C27H39N5O4. The minimum Gasteiger partial charge on any atom is -0.508 e. The number of nitrogens with one attached hydrogen (secondary N) is 1. The van der Waals surface area contributed by atoms with Crippen molar-refractivity contribution in [3.05, 3.63) is 57.0 Å². The first kappa shape index (κ1) is 27.2. The number of aromatic nitrogens is 4. The van der Waals surface area contributed by atoms with Crippen molar-refractivity contribution in [1.82, 2.24) is 24.0 Å². The average molecular weight is 498 g/mol. The number of unbranched alkanes of at least 4 members (excludes halogenated alkanes) is 7. The molecule has 9 heteroatoms. The van der Waals surface area contributed by atoms with E-state index >= 15 is 0 Å². The molecule has 0 fully saturated rings. The molecule has 196 valence electrons. The predicted molar refractivity (Wildman–Crippen MR) is 141 cm³/mol. The van der Waals surface area contributed by atoms with Crippen molar-refractivity contribution in [3.63, 3.8) is 0 Å². The number of rotatable bonds is 14. The second-order valence-electron chi connectivity index (χ2n) is 9.74. The number of benzene rings is 1. The summed E-state index contributed by atoms with van der Waals surface area (Å²) >= 11 is 0. The number of imidazole rings is 1. The van der Waals surface area contributed by atoms with Gasteiger partial charge in [-0.2, -0.15) is 0 Å². The standard InChI is InChI=1S/C27H39N5O4/c1-20(18-21-13-15-22(33)16-14-21)29-23(34)12-10-8-6-4-5-7-9-11-17-32-26(35)24-25(28-19-30(24)2)31(3)27(32)36/h13-16,19-20,33H,4-12,17-18H2,1-3H3,(H,29,34). The van der Waals surface area contributed by atoms with Crippen LogP contribution in [-0.4, -0.2) is 35.7 Å². The Hall–Kier alpha value is -3.36. The molecule has 0 aliphatic heterocycles. The first-order chi connectivity index (χ1) is 17.3. The van der Waals surface area contributed by atoms with Crippen LogP contribution < -0.4 is 16.6 Å². The molecule has 0 saturated heterocycles. The van der Waals surface area contributed by atoms with E-state index in [-0.39, 0.29) is 28.9 Å². The third-order valence-corrected chi connectivity index (χ3v) is 6.62. The van der Waals surface area contributed by atoms with Crippen molar-refractivity contribution >= 4 is 17.1 Å². The molecule has 1 unspecified atom stereocenters. The van der Waals surface area contributed by atoms with Crippen LogP contribution >= 0.6 is 0 Å². The molecule has 3 aromatic rings. The zero-order chi connectivity index (χ0) is 26.1. The highest BCUT2D eigenvalue weighted by Crippen LogP contribution is 2.12. The molecule has 0 aliphatic rings. The second-order valence-corrected chi connectivity index (χ2v) is 9.74. The molecule has 0 bridgehead atoms. The molecule has 0 radical (unpaired) electrons. The number of amides is 1. The fraction of sp³-hybridized carbons (Fsp3) is 0.556. The van der Waals surface area contributed by atoms with Crippen LogP contribution in [-0.2, 0) is 31.9 Å². The third kappa shape index (κ3) is 7.32. The van der Waals surface area contributed by atoms with Crippen molar-refractivity contribution in [2.75, 3.05) is 0 Å². The van der Waals surface area contributed by atoms with Crippen LogP contribution in [0.1, 0.15) is 70.3 Å². The summed E-state index contributed by atoms with van der Waals surface area (Å²) in [6, 6.07) is 7.14. The Labute approximate surface area is 211 Å².